The molecule has 0 aliphatic carbocycles. The van der Waals surface area contributed by atoms with Gasteiger partial charge < -0.3 is 15.2 Å². The molecule has 4 nitrogen and oxygen atoms in total. The molecule has 0 bridgehead atoms. The molecule has 0 aliphatic heterocycles. The molecule has 0 fully saturated rings. The predicted molar refractivity (Wildman–Crippen MR) is 97.7 cm³/mol. The predicted octanol–water partition coefficient (Wildman–Crippen LogP) is 3.63. The van der Waals surface area contributed by atoms with Gasteiger partial charge in [-0.2, -0.15) is 0 Å². The number of hydrogen-bond acceptors (Lipinski definition) is 4. The van der Waals surface area contributed by atoms with Crippen LogP contribution in [0.5, 0.6) is 5.75 Å². The summed E-state index contributed by atoms with van der Waals surface area (Å²) in [6.07, 6.45) is 3.47. The van der Waals surface area contributed by atoms with E-state index in [-0.39, 0.29) is 6.61 Å². The van der Waals surface area contributed by atoms with Crippen molar-refractivity contribution in [3.63, 3.8) is 0 Å². The number of hydrogen-bond donors (Lipinski definition) is 2. The molecule has 1 heterocycles. The Bertz CT molecular complexity index is 800. The molecule has 3 rings (SSSR count). The van der Waals surface area contributed by atoms with Crippen LogP contribution in [0.3, 0.4) is 0 Å². The number of ether oxygens (including phenoxy) is 1. The van der Waals surface area contributed by atoms with Gasteiger partial charge in [0.15, 0.2) is 0 Å². The smallest absolute Gasteiger partial charge is 0.121 e. The van der Waals surface area contributed by atoms with Gasteiger partial charge in [-0.3, -0.25) is 4.98 Å². The average molecular weight is 322 g/mol. The van der Waals surface area contributed by atoms with E-state index in [4.69, 9.17) is 9.84 Å². The summed E-state index contributed by atoms with van der Waals surface area (Å²) in [6.45, 7) is 0.998. The third-order valence-corrected chi connectivity index (χ3v) is 4.05. The van der Waals surface area contributed by atoms with Crippen molar-refractivity contribution in [3.05, 3.63) is 65.9 Å². The number of fused-ring (bicyclic) bond motifs is 1. The third kappa shape index (κ3) is 3.84. The highest BCUT2D eigenvalue weighted by Crippen LogP contribution is 2.24. The lowest BCUT2D eigenvalue weighted by Gasteiger charge is -2.09. The first-order valence-electron chi connectivity index (χ1n) is 8.15. The van der Waals surface area contributed by atoms with Crippen LogP contribution in [0.1, 0.15) is 17.5 Å². The fourth-order valence-electron chi connectivity index (χ4n) is 2.74. The van der Waals surface area contributed by atoms with Gasteiger partial charge in [-0.05, 0) is 54.3 Å². The number of anilines is 1. The second kappa shape index (κ2) is 7.79. The first-order chi connectivity index (χ1) is 11.8. The number of methoxy groups -OCH3 is 1. The molecule has 2 aromatic carbocycles. The van der Waals surface area contributed by atoms with E-state index < -0.39 is 0 Å². The highest BCUT2D eigenvalue weighted by molar-refractivity contribution is 5.83. The van der Waals surface area contributed by atoms with Gasteiger partial charge in [0.1, 0.15) is 5.75 Å². The molecule has 2 N–H and O–H groups in total. The first kappa shape index (κ1) is 16.3. The summed E-state index contributed by atoms with van der Waals surface area (Å²) >= 11 is 0. The van der Waals surface area contributed by atoms with E-state index in [1.807, 2.05) is 18.3 Å². The minimum atomic E-state index is 0.213. The molecule has 0 radical (unpaired) electrons. The number of nitrogens with one attached hydrogen (secondary N) is 1. The van der Waals surface area contributed by atoms with Crippen molar-refractivity contribution >= 4 is 16.6 Å². The fraction of sp³-hybridized carbons (Fsp3) is 0.250. The lowest BCUT2D eigenvalue weighted by molar-refractivity contribution is 0.292. The van der Waals surface area contributed by atoms with Crippen LogP contribution in [0.2, 0.25) is 0 Å². The summed E-state index contributed by atoms with van der Waals surface area (Å²) in [6, 6.07) is 16.5. The molecular formula is C20H22N2O2. The van der Waals surface area contributed by atoms with Gasteiger partial charge in [0.2, 0.25) is 0 Å². The Morgan fingerprint density at radius 3 is 2.67 bits per heavy atom. The van der Waals surface area contributed by atoms with E-state index in [0.29, 0.717) is 0 Å². The first-order valence-corrected chi connectivity index (χ1v) is 8.15. The number of aliphatic hydroxyl groups excluding tert-OH is 1. The molecular weight excluding hydrogens is 300 g/mol. The Morgan fingerprint density at radius 2 is 1.92 bits per heavy atom. The molecule has 0 atom stereocenters. The Labute approximate surface area is 142 Å². The van der Waals surface area contributed by atoms with E-state index in [2.05, 4.69) is 46.7 Å². The van der Waals surface area contributed by atoms with Gasteiger partial charge in [0.25, 0.3) is 0 Å². The number of pyridine rings is 1. The summed E-state index contributed by atoms with van der Waals surface area (Å²) in [5.74, 6) is 0.824. The average Bonchev–Trinajstić information content (AvgIpc) is 2.63. The van der Waals surface area contributed by atoms with Crippen LogP contribution < -0.4 is 10.1 Å². The molecule has 0 amide bonds. The zero-order valence-electron chi connectivity index (χ0n) is 13.8. The maximum Gasteiger partial charge on any atom is 0.121 e. The van der Waals surface area contributed by atoms with Crippen molar-refractivity contribution in [1.29, 1.82) is 0 Å². The molecule has 124 valence electrons. The van der Waals surface area contributed by atoms with Gasteiger partial charge in [-0.25, -0.2) is 0 Å². The van der Waals surface area contributed by atoms with Gasteiger partial charge >= 0.3 is 0 Å². The quantitative estimate of drug-likeness (QED) is 0.652. The third-order valence-electron chi connectivity index (χ3n) is 4.05. The number of nitrogens with zero attached hydrogens (tertiary/aromatic N) is 1. The Morgan fingerprint density at radius 1 is 1.08 bits per heavy atom. The van der Waals surface area contributed by atoms with E-state index in [1.54, 1.807) is 7.11 Å². The zero-order valence-corrected chi connectivity index (χ0v) is 13.8. The van der Waals surface area contributed by atoms with Gasteiger partial charge in [0.05, 0.1) is 12.6 Å². The van der Waals surface area contributed by atoms with Crippen LogP contribution in [-0.4, -0.2) is 30.4 Å². The van der Waals surface area contributed by atoms with Crippen molar-refractivity contribution in [2.24, 2.45) is 0 Å². The number of aliphatic hydroxyl groups is 1. The zero-order chi connectivity index (χ0) is 16.8. The Kier molecular flexibility index (Phi) is 5.29. The minimum absolute atomic E-state index is 0.213. The maximum atomic E-state index is 8.82. The van der Waals surface area contributed by atoms with E-state index in [9.17, 15) is 0 Å². The minimum Gasteiger partial charge on any atom is -0.497 e. The molecule has 3 aromatic rings. The molecule has 0 unspecified atom stereocenters. The largest absolute Gasteiger partial charge is 0.497 e. The summed E-state index contributed by atoms with van der Waals surface area (Å²) in [4.78, 5) is 4.44. The SMILES string of the molecule is COc1ccc2c(Cc3ccc(NCCCO)cc3)ccnc2c1. The lowest BCUT2D eigenvalue weighted by atomic mass is 10.0. The van der Waals surface area contributed by atoms with Crippen molar-refractivity contribution < 1.29 is 9.84 Å². The summed E-state index contributed by atoms with van der Waals surface area (Å²) in [5, 5.41) is 13.3. The van der Waals surface area contributed by atoms with Crippen molar-refractivity contribution in [1.82, 2.24) is 4.98 Å². The van der Waals surface area contributed by atoms with Crippen LogP contribution in [0.15, 0.2) is 54.7 Å². The normalized spacial score (nSPS) is 10.8. The van der Waals surface area contributed by atoms with E-state index >= 15 is 0 Å². The summed E-state index contributed by atoms with van der Waals surface area (Å²) in [5.41, 5.74) is 4.54. The Hall–Kier alpha value is -2.59. The molecule has 0 spiro atoms. The maximum absolute atomic E-state index is 8.82. The number of benzene rings is 2. The molecule has 24 heavy (non-hydrogen) atoms. The molecule has 0 saturated heterocycles. The molecule has 0 saturated carbocycles. The highest BCUT2D eigenvalue weighted by Gasteiger charge is 2.05. The van der Waals surface area contributed by atoms with Gasteiger partial charge in [-0.1, -0.05) is 12.1 Å². The second-order valence-corrected chi connectivity index (χ2v) is 5.73. The molecule has 0 aliphatic rings. The summed E-state index contributed by atoms with van der Waals surface area (Å²) in [7, 11) is 1.67. The standard InChI is InChI=1S/C20H22N2O2/c1-24-18-7-8-19-16(9-11-22-20(19)14-18)13-15-3-5-17(6-4-15)21-10-2-12-23/h3-9,11,14,21,23H,2,10,12-13H2,1H3. The topological polar surface area (TPSA) is 54.4 Å². The monoisotopic (exact) mass is 322 g/mol. The van der Waals surface area contributed by atoms with Crippen LogP contribution in [0, 0.1) is 0 Å². The second-order valence-electron chi connectivity index (χ2n) is 5.73. The van der Waals surface area contributed by atoms with Crippen molar-refractivity contribution in [3.8, 4) is 5.75 Å². The molecule has 4 heteroatoms. The Balaban J connectivity index is 1.77. The van der Waals surface area contributed by atoms with Crippen molar-refractivity contribution in [2.75, 3.05) is 25.6 Å². The van der Waals surface area contributed by atoms with E-state index in [1.165, 1.54) is 11.1 Å². The van der Waals surface area contributed by atoms with Crippen LogP contribution in [-0.2, 0) is 6.42 Å². The molecule has 1 aromatic heterocycles. The van der Waals surface area contributed by atoms with Gasteiger partial charge in [-0.15, -0.1) is 0 Å². The van der Waals surface area contributed by atoms with E-state index in [0.717, 1.165) is 41.7 Å². The highest BCUT2D eigenvalue weighted by atomic mass is 16.5. The van der Waals surface area contributed by atoms with Crippen LogP contribution in [0.25, 0.3) is 10.9 Å². The summed E-state index contributed by atoms with van der Waals surface area (Å²) < 4.78 is 5.27. The number of aromatic nitrogens is 1. The van der Waals surface area contributed by atoms with Crippen LogP contribution >= 0.6 is 0 Å². The number of rotatable bonds is 7. The fourth-order valence-corrected chi connectivity index (χ4v) is 2.74. The van der Waals surface area contributed by atoms with Crippen molar-refractivity contribution in [2.45, 2.75) is 12.8 Å². The van der Waals surface area contributed by atoms with Crippen LogP contribution in [0.4, 0.5) is 5.69 Å². The lowest BCUT2D eigenvalue weighted by Crippen LogP contribution is -2.03. The van der Waals surface area contributed by atoms with Gasteiger partial charge in [0, 0.05) is 36.5 Å².